The van der Waals surface area contributed by atoms with Gasteiger partial charge in [0.15, 0.2) is 6.61 Å². The van der Waals surface area contributed by atoms with E-state index in [1.807, 2.05) is 34.1 Å². The van der Waals surface area contributed by atoms with Crippen molar-refractivity contribution in [2.24, 2.45) is 0 Å². The van der Waals surface area contributed by atoms with Crippen LogP contribution in [0.15, 0.2) is 24.3 Å². The SMILES string of the molecule is CC(C)(C)c1ccccc1OCC(=O)N1CCCC(N2CCNCC2=O)C1.Cl. The second-order valence-electron chi connectivity index (χ2n) is 8.43. The van der Waals surface area contributed by atoms with Gasteiger partial charge in [0.05, 0.1) is 6.54 Å². The number of nitrogens with one attached hydrogen (secondary N) is 1. The molecule has 2 amide bonds. The molecule has 0 aromatic heterocycles. The van der Waals surface area contributed by atoms with Gasteiger partial charge in [0, 0.05) is 32.2 Å². The number of hydrogen-bond acceptors (Lipinski definition) is 4. The zero-order chi connectivity index (χ0) is 19.4. The molecule has 2 aliphatic rings. The standard InChI is InChI=1S/C21H31N3O3.ClH/c1-21(2,3)17-8-4-5-9-18(17)27-15-20(26)23-11-6-7-16(14-23)24-12-10-22-13-19(24)25;/h4-5,8-9,16,22H,6-7,10-15H2,1-3H3;1H. The maximum absolute atomic E-state index is 12.7. The van der Waals surface area contributed by atoms with Crippen LogP contribution >= 0.6 is 12.4 Å². The molecule has 28 heavy (non-hydrogen) atoms. The van der Waals surface area contributed by atoms with E-state index in [0.29, 0.717) is 13.1 Å². The third kappa shape index (κ3) is 5.39. The summed E-state index contributed by atoms with van der Waals surface area (Å²) < 4.78 is 5.90. The van der Waals surface area contributed by atoms with E-state index in [1.54, 1.807) is 0 Å². The molecule has 1 aromatic carbocycles. The van der Waals surface area contributed by atoms with Crippen LogP contribution in [0.3, 0.4) is 0 Å². The highest BCUT2D eigenvalue weighted by Gasteiger charge is 2.31. The van der Waals surface area contributed by atoms with Crippen LogP contribution in [0.2, 0.25) is 0 Å². The van der Waals surface area contributed by atoms with E-state index in [1.165, 1.54) is 0 Å². The number of benzene rings is 1. The average Bonchev–Trinajstić information content (AvgIpc) is 2.66. The number of ether oxygens (including phenoxy) is 1. The average molecular weight is 410 g/mol. The van der Waals surface area contributed by atoms with Crippen LogP contribution in [-0.2, 0) is 15.0 Å². The number of carbonyl (C=O) groups is 2. The lowest BCUT2D eigenvalue weighted by atomic mass is 9.86. The molecule has 2 saturated heterocycles. The molecular weight excluding hydrogens is 378 g/mol. The Hall–Kier alpha value is -1.79. The van der Waals surface area contributed by atoms with E-state index >= 15 is 0 Å². The molecule has 2 aliphatic heterocycles. The largest absolute Gasteiger partial charge is 0.483 e. The first-order valence-corrected chi connectivity index (χ1v) is 9.86. The zero-order valence-electron chi connectivity index (χ0n) is 17.1. The highest BCUT2D eigenvalue weighted by Crippen LogP contribution is 2.31. The van der Waals surface area contributed by atoms with E-state index < -0.39 is 0 Å². The lowest BCUT2D eigenvalue weighted by Gasteiger charge is -2.41. The van der Waals surface area contributed by atoms with Gasteiger partial charge in [0.25, 0.3) is 5.91 Å². The topological polar surface area (TPSA) is 61.9 Å². The van der Waals surface area contributed by atoms with Crippen molar-refractivity contribution in [2.45, 2.75) is 45.1 Å². The summed E-state index contributed by atoms with van der Waals surface area (Å²) in [6.07, 6.45) is 1.88. The number of nitrogens with zero attached hydrogens (tertiary/aromatic N) is 2. The van der Waals surface area contributed by atoms with Gasteiger partial charge in [-0.05, 0) is 29.9 Å². The van der Waals surface area contributed by atoms with Crippen molar-refractivity contribution >= 4 is 24.2 Å². The maximum Gasteiger partial charge on any atom is 0.260 e. The smallest absolute Gasteiger partial charge is 0.260 e. The number of halogens is 1. The van der Waals surface area contributed by atoms with E-state index in [4.69, 9.17) is 4.74 Å². The Morgan fingerprint density at radius 1 is 1.25 bits per heavy atom. The Bertz CT molecular complexity index is 690. The maximum atomic E-state index is 12.7. The van der Waals surface area contributed by atoms with E-state index in [-0.39, 0.29) is 42.3 Å². The van der Waals surface area contributed by atoms with Gasteiger partial charge in [-0.1, -0.05) is 39.0 Å². The van der Waals surface area contributed by atoms with Crippen molar-refractivity contribution in [3.05, 3.63) is 29.8 Å². The number of hydrogen-bond donors (Lipinski definition) is 1. The number of piperazine rings is 1. The number of likely N-dealkylation sites (tertiary alicyclic amines) is 1. The second-order valence-corrected chi connectivity index (χ2v) is 8.43. The number of piperidine rings is 1. The fraction of sp³-hybridized carbons (Fsp3) is 0.619. The number of rotatable bonds is 4. The van der Waals surface area contributed by atoms with Crippen molar-refractivity contribution < 1.29 is 14.3 Å². The van der Waals surface area contributed by atoms with Gasteiger partial charge < -0.3 is 19.9 Å². The van der Waals surface area contributed by atoms with Crippen molar-refractivity contribution in [2.75, 3.05) is 39.3 Å². The summed E-state index contributed by atoms with van der Waals surface area (Å²) in [5.41, 5.74) is 1.05. The summed E-state index contributed by atoms with van der Waals surface area (Å²) in [4.78, 5) is 28.7. The van der Waals surface area contributed by atoms with E-state index in [0.717, 1.165) is 43.8 Å². The Labute approximate surface area is 174 Å². The van der Waals surface area contributed by atoms with Gasteiger partial charge in [0.1, 0.15) is 5.75 Å². The van der Waals surface area contributed by atoms with Gasteiger partial charge in [-0.25, -0.2) is 0 Å². The fourth-order valence-electron chi connectivity index (χ4n) is 3.89. The summed E-state index contributed by atoms with van der Waals surface area (Å²) in [6.45, 7) is 9.73. The molecule has 0 bridgehead atoms. The molecule has 6 nitrogen and oxygen atoms in total. The number of amides is 2. The predicted molar refractivity (Wildman–Crippen MR) is 112 cm³/mol. The fourth-order valence-corrected chi connectivity index (χ4v) is 3.89. The van der Waals surface area contributed by atoms with Crippen LogP contribution < -0.4 is 10.1 Å². The molecule has 0 saturated carbocycles. The minimum atomic E-state index is -0.0431. The third-order valence-corrected chi connectivity index (χ3v) is 5.36. The molecule has 1 aromatic rings. The molecule has 0 radical (unpaired) electrons. The monoisotopic (exact) mass is 409 g/mol. The Balaban J connectivity index is 0.00000280. The first-order valence-electron chi connectivity index (χ1n) is 9.86. The molecule has 0 aliphatic carbocycles. The Morgan fingerprint density at radius 2 is 2.00 bits per heavy atom. The molecule has 1 unspecified atom stereocenters. The molecule has 2 heterocycles. The van der Waals surface area contributed by atoms with Crippen molar-refractivity contribution in [3.63, 3.8) is 0 Å². The first kappa shape index (κ1) is 22.5. The van der Waals surface area contributed by atoms with Crippen LogP contribution in [-0.4, -0.2) is 67.0 Å². The van der Waals surface area contributed by atoms with Crippen molar-refractivity contribution in [1.82, 2.24) is 15.1 Å². The zero-order valence-corrected chi connectivity index (χ0v) is 17.9. The summed E-state index contributed by atoms with van der Waals surface area (Å²) in [5, 5.41) is 3.10. The summed E-state index contributed by atoms with van der Waals surface area (Å²) in [7, 11) is 0. The minimum Gasteiger partial charge on any atom is -0.483 e. The molecule has 3 rings (SSSR count). The van der Waals surface area contributed by atoms with Gasteiger partial charge >= 0.3 is 0 Å². The highest BCUT2D eigenvalue weighted by molar-refractivity contribution is 5.85. The van der Waals surface area contributed by atoms with Crippen LogP contribution in [0.4, 0.5) is 0 Å². The van der Waals surface area contributed by atoms with Crippen molar-refractivity contribution in [3.8, 4) is 5.75 Å². The second kappa shape index (κ2) is 9.61. The summed E-state index contributed by atoms with van der Waals surface area (Å²) in [5.74, 6) is 0.895. The number of para-hydroxylation sites is 1. The van der Waals surface area contributed by atoms with Gasteiger partial charge in [-0.3, -0.25) is 9.59 Å². The van der Waals surface area contributed by atoms with Gasteiger partial charge in [-0.15, -0.1) is 12.4 Å². The Morgan fingerprint density at radius 3 is 2.71 bits per heavy atom. The molecular formula is C21H32ClN3O3. The third-order valence-electron chi connectivity index (χ3n) is 5.36. The quantitative estimate of drug-likeness (QED) is 0.828. The normalized spacial score (nSPS) is 20.5. The predicted octanol–water partition coefficient (Wildman–Crippen LogP) is 2.21. The van der Waals surface area contributed by atoms with Crippen molar-refractivity contribution in [1.29, 1.82) is 0 Å². The van der Waals surface area contributed by atoms with Crippen LogP contribution in [0.1, 0.15) is 39.2 Å². The van der Waals surface area contributed by atoms with Crippen LogP contribution in [0, 0.1) is 0 Å². The molecule has 7 heteroatoms. The van der Waals surface area contributed by atoms with E-state index in [2.05, 4.69) is 26.1 Å². The molecule has 1 N–H and O–H groups in total. The summed E-state index contributed by atoms with van der Waals surface area (Å²) in [6, 6.07) is 8.02. The summed E-state index contributed by atoms with van der Waals surface area (Å²) >= 11 is 0. The number of carbonyl (C=O) groups excluding carboxylic acids is 2. The first-order chi connectivity index (χ1) is 12.9. The van der Waals surface area contributed by atoms with Gasteiger partial charge in [-0.2, -0.15) is 0 Å². The molecule has 1 atom stereocenters. The Kier molecular flexibility index (Phi) is 7.72. The highest BCUT2D eigenvalue weighted by atomic mass is 35.5. The lowest BCUT2D eigenvalue weighted by molar-refractivity contribution is -0.141. The minimum absolute atomic E-state index is 0. The molecule has 0 spiro atoms. The van der Waals surface area contributed by atoms with Gasteiger partial charge in [0.2, 0.25) is 5.91 Å². The van der Waals surface area contributed by atoms with Crippen LogP contribution in [0.25, 0.3) is 0 Å². The van der Waals surface area contributed by atoms with E-state index in [9.17, 15) is 9.59 Å². The lowest BCUT2D eigenvalue weighted by Crippen LogP contribution is -2.57. The van der Waals surface area contributed by atoms with Crippen LogP contribution in [0.5, 0.6) is 5.75 Å². The molecule has 156 valence electrons. The molecule has 2 fully saturated rings.